The number of rotatable bonds is 7. The molecule has 1 saturated heterocycles. The third-order valence-corrected chi connectivity index (χ3v) is 6.75. The van der Waals surface area contributed by atoms with E-state index in [9.17, 15) is 14.4 Å². The summed E-state index contributed by atoms with van der Waals surface area (Å²) < 4.78 is 5.41. The summed E-state index contributed by atoms with van der Waals surface area (Å²) in [5, 5.41) is 17.6. The second-order valence-electron chi connectivity index (χ2n) is 10.6. The van der Waals surface area contributed by atoms with Crippen LogP contribution < -0.4 is 16.4 Å². The van der Waals surface area contributed by atoms with Crippen molar-refractivity contribution in [2.75, 3.05) is 6.54 Å². The fourth-order valence-corrected chi connectivity index (χ4v) is 4.94. The van der Waals surface area contributed by atoms with Gasteiger partial charge in [0.15, 0.2) is 5.84 Å². The molecule has 1 aliphatic heterocycles. The second-order valence-corrected chi connectivity index (χ2v) is 10.6. The van der Waals surface area contributed by atoms with Crippen molar-refractivity contribution in [3.8, 4) is 0 Å². The molecule has 10 heteroatoms. The molecule has 3 atom stereocenters. The lowest BCUT2D eigenvalue weighted by Gasteiger charge is -2.34. The summed E-state index contributed by atoms with van der Waals surface area (Å²) >= 11 is 0. The number of amides is 3. The largest absolute Gasteiger partial charge is 0.444 e. The number of oxime groups is 1. The van der Waals surface area contributed by atoms with Crippen LogP contribution in [-0.2, 0) is 20.9 Å². The van der Waals surface area contributed by atoms with Crippen molar-refractivity contribution >= 4 is 23.7 Å². The Morgan fingerprint density at radius 1 is 1.11 bits per heavy atom. The Labute approximate surface area is 212 Å². The lowest BCUT2D eigenvalue weighted by molar-refractivity contribution is -0.139. The number of alkyl carbamates (subject to hydrolysis) is 1. The SMILES string of the molecule is CC(C)(C)OC(=O)NC1CCCC[C@@H]1CC(=O)N1CCC[C@H]1C(=O)NCc1ccc(C(N)=NO)cc1. The highest BCUT2D eigenvalue weighted by Gasteiger charge is 2.37. The number of hydrogen-bond donors (Lipinski definition) is 4. The molecular weight excluding hydrogens is 462 g/mol. The minimum atomic E-state index is -0.580. The topological polar surface area (TPSA) is 146 Å². The summed E-state index contributed by atoms with van der Waals surface area (Å²) in [5.41, 5.74) is 6.46. The molecule has 1 unspecified atom stereocenters. The van der Waals surface area contributed by atoms with E-state index in [2.05, 4.69) is 15.8 Å². The highest BCUT2D eigenvalue weighted by Crippen LogP contribution is 2.29. The summed E-state index contributed by atoms with van der Waals surface area (Å²) in [6, 6.07) is 6.43. The van der Waals surface area contributed by atoms with Crippen LogP contribution in [0.2, 0.25) is 0 Å². The van der Waals surface area contributed by atoms with E-state index in [1.54, 1.807) is 29.2 Å². The Kier molecular flexibility index (Phi) is 9.17. The second kappa shape index (κ2) is 12.1. The van der Waals surface area contributed by atoms with Gasteiger partial charge < -0.3 is 31.2 Å². The first-order valence-corrected chi connectivity index (χ1v) is 12.7. The van der Waals surface area contributed by atoms with Gasteiger partial charge in [-0.2, -0.15) is 0 Å². The summed E-state index contributed by atoms with van der Waals surface area (Å²) in [6.07, 6.45) is 4.95. The monoisotopic (exact) mass is 501 g/mol. The van der Waals surface area contributed by atoms with Crippen molar-refractivity contribution < 1.29 is 24.3 Å². The Bertz CT molecular complexity index is 956. The normalized spacial score (nSPS) is 22.7. The van der Waals surface area contributed by atoms with Crippen LogP contribution in [0.5, 0.6) is 0 Å². The van der Waals surface area contributed by atoms with Crippen molar-refractivity contribution in [2.24, 2.45) is 16.8 Å². The number of ether oxygens (including phenoxy) is 1. The molecule has 2 aliphatic rings. The zero-order valence-corrected chi connectivity index (χ0v) is 21.5. The Hall–Kier alpha value is -3.30. The number of nitrogens with two attached hydrogens (primary N) is 1. The van der Waals surface area contributed by atoms with Gasteiger partial charge in [-0.25, -0.2) is 4.79 Å². The first-order valence-electron chi connectivity index (χ1n) is 12.7. The Balaban J connectivity index is 1.54. The van der Waals surface area contributed by atoms with Gasteiger partial charge in [0.25, 0.3) is 0 Å². The molecule has 5 N–H and O–H groups in total. The third-order valence-electron chi connectivity index (χ3n) is 6.75. The smallest absolute Gasteiger partial charge is 0.407 e. The predicted molar refractivity (Wildman–Crippen MR) is 135 cm³/mol. The van der Waals surface area contributed by atoms with Crippen LogP contribution in [-0.4, -0.2) is 58.1 Å². The molecule has 3 amide bonds. The van der Waals surface area contributed by atoms with Crippen LogP contribution in [0.4, 0.5) is 4.79 Å². The van der Waals surface area contributed by atoms with Crippen LogP contribution in [0, 0.1) is 5.92 Å². The van der Waals surface area contributed by atoms with Crippen LogP contribution in [0.25, 0.3) is 0 Å². The molecule has 36 heavy (non-hydrogen) atoms. The number of amidine groups is 1. The zero-order valence-electron chi connectivity index (χ0n) is 21.5. The summed E-state index contributed by atoms with van der Waals surface area (Å²) in [4.78, 5) is 40.2. The molecule has 2 fully saturated rings. The number of likely N-dealkylation sites (tertiary alicyclic amines) is 1. The van der Waals surface area contributed by atoms with E-state index in [1.807, 2.05) is 20.8 Å². The van der Waals surface area contributed by atoms with Crippen molar-refractivity contribution in [1.29, 1.82) is 0 Å². The Morgan fingerprint density at radius 2 is 1.81 bits per heavy atom. The van der Waals surface area contributed by atoms with Gasteiger partial charge in [-0.15, -0.1) is 0 Å². The molecule has 10 nitrogen and oxygen atoms in total. The predicted octanol–water partition coefficient (Wildman–Crippen LogP) is 2.86. The molecular formula is C26H39N5O5. The number of benzene rings is 1. The molecule has 1 saturated carbocycles. The maximum Gasteiger partial charge on any atom is 0.407 e. The van der Waals surface area contributed by atoms with Gasteiger partial charge in [0.1, 0.15) is 11.6 Å². The van der Waals surface area contributed by atoms with Crippen LogP contribution in [0.3, 0.4) is 0 Å². The quantitative estimate of drug-likeness (QED) is 0.196. The van der Waals surface area contributed by atoms with Crippen LogP contribution >= 0.6 is 0 Å². The zero-order chi connectivity index (χ0) is 26.3. The van der Waals surface area contributed by atoms with E-state index in [0.717, 1.165) is 37.7 Å². The van der Waals surface area contributed by atoms with Gasteiger partial charge in [-0.05, 0) is 57.9 Å². The van der Waals surface area contributed by atoms with Gasteiger partial charge in [0.05, 0.1) is 0 Å². The van der Waals surface area contributed by atoms with E-state index >= 15 is 0 Å². The summed E-state index contributed by atoms with van der Waals surface area (Å²) in [5.74, 6) is -0.171. The average Bonchev–Trinajstić information content (AvgIpc) is 3.33. The minimum Gasteiger partial charge on any atom is -0.444 e. The first-order chi connectivity index (χ1) is 17.1. The Morgan fingerprint density at radius 3 is 2.47 bits per heavy atom. The lowest BCUT2D eigenvalue weighted by Crippen LogP contribution is -2.48. The van der Waals surface area contributed by atoms with Gasteiger partial charge in [0, 0.05) is 31.1 Å². The van der Waals surface area contributed by atoms with Crippen molar-refractivity contribution in [3.05, 3.63) is 35.4 Å². The highest BCUT2D eigenvalue weighted by molar-refractivity contribution is 5.97. The fraction of sp³-hybridized carbons (Fsp3) is 0.615. The molecule has 3 rings (SSSR count). The van der Waals surface area contributed by atoms with Gasteiger partial charge >= 0.3 is 6.09 Å². The summed E-state index contributed by atoms with van der Waals surface area (Å²) in [6.45, 7) is 6.35. The molecule has 1 heterocycles. The number of carbonyl (C=O) groups is 3. The number of hydrogen-bond acceptors (Lipinski definition) is 6. The van der Waals surface area contributed by atoms with Crippen molar-refractivity contribution in [2.45, 2.75) is 89.9 Å². The highest BCUT2D eigenvalue weighted by atomic mass is 16.6. The van der Waals surface area contributed by atoms with E-state index in [0.29, 0.717) is 31.5 Å². The van der Waals surface area contributed by atoms with Crippen molar-refractivity contribution in [1.82, 2.24) is 15.5 Å². The summed E-state index contributed by atoms with van der Waals surface area (Å²) in [7, 11) is 0. The molecule has 0 bridgehead atoms. The maximum atomic E-state index is 13.3. The standard InChI is InChI=1S/C26H39N5O5/c1-26(2,3)36-25(34)29-20-8-5-4-7-19(20)15-22(32)31-14-6-9-21(31)24(33)28-16-17-10-12-18(13-11-17)23(27)30-35/h10-13,19-21,35H,4-9,14-16H2,1-3H3,(H2,27,30)(H,28,33)(H,29,34)/t19-,20?,21+/m1/s1. The minimum absolute atomic E-state index is 0.0206. The van der Waals surface area contributed by atoms with Gasteiger partial charge in [-0.1, -0.05) is 42.3 Å². The maximum absolute atomic E-state index is 13.3. The van der Waals surface area contributed by atoms with E-state index < -0.39 is 17.7 Å². The molecule has 0 aromatic heterocycles. The fourth-order valence-electron chi connectivity index (χ4n) is 4.94. The molecule has 1 aromatic carbocycles. The number of nitrogens with one attached hydrogen (secondary N) is 2. The number of nitrogens with zero attached hydrogens (tertiary/aromatic N) is 2. The van der Waals surface area contributed by atoms with Crippen LogP contribution in [0.1, 0.15) is 76.8 Å². The van der Waals surface area contributed by atoms with E-state index in [1.165, 1.54) is 0 Å². The number of carbonyl (C=O) groups excluding carboxylic acids is 3. The molecule has 0 spiro atoms. The van der Waals surface area contributed by atoms with Crippen LogP contribution in [0.15, 0.2) is 29.4 Å². The van der Waals surface area contributed by atoms with Gasteiger partial charge in [0.2, 0.25) is 11.8 Å². The third kappa shape index (κ3) is 7.60. The van der Waals surface area contributed by atoms with E-state index in [-0.39, 0.29) is 29.6 Å². The lowest BCUT2D eigenvalue weighted by atomic mass is 9.82. The molecule has 198 valence electrons. The average molecular weight is 502 g/mol. The van der Waals surface area contributed by atoms with Gasteiger partial charge in [-0.3, -0.25) is 9.59 Å². The van der Waals surface area contributed by atoms with Crippen molar-refractivity contribution in [3.63, 3.8) is 0 Å². The molecule has 1 aromatic rings. The molecule has 1 aliphatic carbocycles. The first kappa shape index (κ1) is 27.3. The molecule has 0 radical (unpaired) electrons. The van der Waals surface area contributed by atoms with E-state index in [4.69, 9.17) is 15.7 Å².